The molecular formula is C12H12Br2N2O2S. The fourth-order valence-corrected chi connectivity index (χ4v) is 5.09. The largest absolute Gasteiger partial charge is 0.243 e. The molecule has 1 aromatic rings. The van der Waals surface area contributed by atoms with E-state index >= 15 is 0 Å². The highest BCUT2D eigenvalue weighted by Gasteiger charge is 2.38. The Morgan fingerprint density at radius 2 is 1.89 bits per heavy atom. The van der Waals surface area contributed by atoms with E-state index in [0.717, 1.165) is 12.8 Å². The summed E-state index contributed by atoms with van der Waals surface area (Å²) in [6.07, 6.45) is 2.87. The Morgan fingerprint density at radius 1 is 1.26 bits per heavy atom. The molecule has 0 amide bonds. The average molecular weight is 408 g/mol. The molecule has 1 aliphatic rings. The molecule has 0 unspecified atom stereocenters. The van der Waals surface area contributed by atoms with Gasteiger partial charge in [-0.05, 0) is 47.0 Å². The van der Waals surface area contributed by atoms with Crippen molar-refractivity contribution in [2.75, 3.05) is 0 Å². The molecule has 0 aliphatic heterocycles. The highest BCUT2D eigenvalue weighted by atomic mass is 79.9. The quantitative estimate of drug-likeness (QED) is 0.835. The number of hydrogen-bond donors (Lipinski definition) is 1. The number of benzene rings is 1. The number of halogens is 2. The molecule has 0 radical (unpaired) electrons. The lowest BCUT2D eigenvalue weighted by atomic mass is 10.0. The minimum Gasteiger partial charge on any atom is -0.207 e. The number of sulfonamides is 1. The number of nitriles is 1. The summed E-state index contributed by atoms with van der Waals surface area (Å²) in [6, 6.07) is 7.05. The Bertz CT molecular complexity index is 632. The maximum atomic E-state index is 12.4. The van der Waals surface area contributed by atoms with Gasteiger partial charge in [-0.15, -0.1) is 0 Å². The summed E-state index contributed by atoms with van der Waals surface area (Å²) in [6.45, 7) is 0. The van der Waals surface area contributed by atoms with Crippen molar-refractivity contribution in [2.45, 2.75) is 36.1 Å². The average Bonchev–Trinajstić information content (AvgIpc) is 2.80. The third kappa shape index (κ3) is 3.19. The van der Waals surface area contributed by atoms with E-state index in [1.54, 1.807) is 12.1 Å². The van der Waals surface area contributed by atoms with Gasteiger partial charge in [0.15, 0.2) is 0 Å². The Kier molecular flexibility index (Phi) is 4.35. The zero-order valence-corrected chi connectivity index (χ0v) is 14.0. The Labute approximate surface area is 129 Å². The standard InChI is InChI=1S/C12H12Br2N2O2S/c13-9-3-4-10(14)11(7-9)19(17,18)16-12(8-15)5-1-2-6-12/h3-4,7,16H,1-2,5-6H2. The predicted molar refractivity (Wildman–Crippen MR) is 79.0 cm³/mol. The third-order valence-electron chi connectivity index (χ3n) is 3.18. The summed E-state index contributed by atoms with van der Waals surface area (Å²) < 4.78 is 28.5. The lowest BCUT2D eigenvalue weighted by Crippen LogP contribution is -2.45. The fraction of sp³-hybridized carbons (Fsp3) is 0.417. The number of hydrogen-bond acceptors (Lipinski definition) is 3. The molecule has 2 rings (SSSR count). The van der Waals surface area contributed by atoms with E-state index in [0.29, 0.717) is 21.8 Å². The zero-order chi connectivity index (χ0) is 14.1. The van der Waals surface area contributed by atoms with Crippen LogP contribution in [0.15, 0.2) is 32.0 Å². The number of rotatable bonds is 3. The van der Waals surface area contributed by atoms with Crippen molar-refractivity contribution in [2.24, 2.45) is 0 Å². The molecule has 102 valence electrons. The zero-order valence-electron chi connectivity index (χ0n) is 9.99. The third-order valence-corrected chi connectivity index (χ3v) is 6.21. The highest BCUT2D eigenvalue weighted by molar-refractivity contribution is 9.11. The maximum Gasteiger partial charge on any atom is 0.243 e. The van der Waals surface area contributed by atoms with Gasteiger partial charge >= 0.3 is 0 Å². The number of nitrogens with one attached hydrogen (secondary N) is 1. The smallest absolute Gasteiger partial charge is 0.207 e. The predicted octanol–water partition coefficient (Wildman–Crippen LogP) is 3.33. The molecule has 1 saturated carbocycles. The second-order valence-corrected chi connectivity index (χ2v) is 8.00. The SMILES string of the molecule is N#CC1(NS(=O)(=O)c2cc(Br)ccc2Br)CCCC1. The normalized spacial score (nSPS) is 18.2. The monoisotopic (exact) mass is 406 g/mol. The molecule has 1 aromatic carbocycles. The van der Waals surface area contributed by atoms with Crippen molar-refractivity contribution in [1.29, 1.82) is 5.26 Å². The van der Waals surface area contributed by atoms with Gasteiger partial charge in [0.25, 0.3) is 0 Å². The minimum atomic E-state index is -3.72. The van der Waals surface area contributed by atoms with E-state index in [9.17, 15) is 13.7 Å². The van der Waals surface area contributed by atoms with Crippen molar-refractivity contribution in [3.05, 3.63) is 27.1 Å². The maximum absolute atomic E-state index is 12.4. The molecule has 0 aromatic heterocycles. The van der Waals surface area contributed by atoms with Gasteiger partial charge < -0.3 is 0 Å². The Morgan fingerprint density at radius 3 is 2.47 bits per heavy atom. The van der Waals surface area contributed by atoms with E-state index in [-0.39, 0.29) is 4.90 Å². The van der Waals surface area contributed by atoms with Gasteiger partial charge in [0.2, 0.25) is 10.0 Å². The first-order chi connectivity index (χ1) is 8.88. The van der Waals surface area contributed by atoms with E-state index in [4.69, 9.17) is 0 Å². The van der Waals surface area contributed by atoms with Crippen LogP contribution in [0.4, 0.5) is 0 Å². The molecule has 0 atom stereocenters. The molecule has 4 nitrogen and oxygen atoms in total. The van der Waals surface area contributed by atoms with Gasteiger partial charge in [0.05, 0.1) is 11.0 Å². The van der Waals surface area contributed by atoms with Crippen molar-refractivity contribution < 1.29 is 8.42 Å². The van der Waals surface area contributed by atoms with Crippen LogP contribution in [0.2, 0.25) is 0 Å². The lowest BCUT2D eigenvalue weighted by Gasteiger charge is -2.22. The van der Waals surface area contributed by atoms with Crippen LogP contribution in [0.5, 0.6) is 0 Å². The molecule has 19 heavy (non-hydrogen) atoms. The molecule has 1 aliphatic carbocycles. The van der Waals surface area contributed by atoms with Gasteiger partial charge in [0, 0.05) is 8.95 Å². The first kappa shape index (κ1) is 15.0. The van der Waals surface area contributed by atoms with E-state index < -0.39 is 15.6 Å². The van der Waals surface area contributed by atoms with Crippen LogP contribution >= 0.6 is 31.9 Å². The molecule has 0 heterocycles. The molecular weight excluding hydrogens is 396 g/mol. The van der Waals surface area contributed by atoms with Crippen LogP contribution in [-0.4, -0.2) is 14.0 Å². The molecule has 1 fully saturated rings. The van der Waals surface area contributed by atoms with Crippen LogP contribution in [0.1, 0.15) is 25.7 Å². The first-order valence-electron chi connectivity index (χ1n) is 5.79. The van der Waals surface area contributed by atoms with Crippen LogP contribution < -0.4 is 4.72 Å². The summed E-state index contributed by atoms with van der Waals surface area (Å²) in [4.78, 5) is 0.142. The van der Waals surface area contributed by atoms with Gasteiger partial charge in [-0.25, -0.2) is 8.42 Å². The van der Waals surface area contributed by atoms with Crippen molar-refractivity contribution in [3.63, 3.8) is 0 Å². The topological polar surface area (TPSA) is 70.0 Å². The summed E-state index contributed by atoms with van der Waals surface area (Å²) in [7, 11) is -3.72. The van der Waals surface area contributed by atoms with Gasteiger partial charge in [-0.3, -0.25) is 0 Å². The number of nitrogens with zero attached hydrogens (tertiary/aromatic N) is 1. The molecule has 0 bridgehead atoms. The molecule has 0 saturated heterocycles. The molecule has 0 spiro atoms. The summed E-state index contributed by atoms with van der Waals surface area (Å²) >= 11 is 6.49. The van der Waals surface area contributed by atoms with Crippen LogP contribution in [0, 0.1) is 11.3 Å². The van der Waals surface area contributed by atoms with E-state index in [2.05, 4.69) is 42.7 Å². The second kappa shape index (κ2) is 5.52. The summed E-state index contributed by atoms with van der Waals surface area (Å²) in [5, 5.41) is 9.25. The van der Waals surface area contributed by atoms with E-state index in [1.165, 1.54) is 6.07 Å². The Hall–Kier alpha value is -0.420. The van der Waals surface area contributed by atoms with Gasteiger partial charge in [-0.1, -0.05) is 28.8 Å². The fourth-order valence-electron chi connectivity index (χ4n) is 2.21. The first-order valence-corrected chi connectivity index (χ1v) is 8.86. The molecule has 1 N–H and O–H groups in total. The van der Waals surface area contributed by atoms with Gasteiger partial charge in [0.1, 0.15) is 5.54 Å². The Balaban J connectivity index is 2.38. The summed E-state index contributed by atoms with van der Waals surface area (Å²) in [5.41, 5.74) is -0.958. The lowest BCUT2D eigenvalue weighted by molar-refractivity contribution is 0.485. The van der Waals surface area contributed by atoms with Crippen LogP contribution in [-0.2, 0) is 10.0 Å². The van der Waals surface area contributed by atoms with E-state index in [1.807, 2.05) is 0 Å². The highest BCUT2D eigenvalue weighted by Crippen LogP contribution is 2.32. The molecule has 7 heteroatoms. The minimum absolute atomic E-state index is 0.142. The van der Waals surface area contributed by atoms with Gasteiger partial charge in [-0.2, -0.15) is 9.98 Å². The van der Waals surface area contributed by atoms with Crippen molar-refractivity contribution in [1.82, 2.24) is 4.72 Å². The van der Waals surface area contributed by atoms with Crippen molar-refractivity contribution >= 4 is 41.9 Å². The van der Waals surface area contributed by atoms with Crippen LogP contribution in [0.25, 0.3) is 0 Å². The van der Waals surface area contributed by atoms with Crippen molar-refractivity contribution in [3.8, 4) is 6.07 Å². The van der Waals surface area contributed by atoms with Crippen LogP contribution in [0.3, 0.4) is 0 Å². The summed E-state index contributed by atoms with van der Waals surface area (Å²) in [5.74, 6) is 0. The second-order valence-electron chi connectivity index (χ2n) is 4.58.